The average molecular weight is 2210 g/mol. The van der Waals surface area contributed by atoms with Gasteiger partial charge in [0.2, 0.25) is 0 Å². The Labute approximate surface area is 887 Å². The topological polar surface area (TPSA) is 466 Å². The number of carbonyl (C=O) groups is 6. The van der Waals surface area contributed by atoms with E-state index in [1.54, 1.807) is 58.0 Å². The molecule has 0 bridgehead atoms. The molecule has 758 valence electrons. The molecule has 0 saturated heterocycles. The molecule has 18 aromatic rings. The third-order valence-corrected chi connectivity index (χ3v) is 28.2. The van der Waals surface area contributed by atoms with Gasteiger partial charge in [0.15, 0.2) is 30.8 Å². The monoisotopic (exact) mass is 2210 g/mol. The van der Waals surface area contributed by atoms with Crippen molar-refractivity contribution in [3.05, 3.63) is 312 Å². The lowest BCUT2D eigenvalue weighted by Crippen LogP contribution is -2.12. The van der Waals surface area contributed by atoms with E-state index < -0.39 is 47.2 Å². The van der Waals surface area contributed by atoms with Crippen LogP contribution in [-0.4, -0.2) is 133 Å². The first-order valence-corrected chi connectivity index (χ1v) is 51.3. The minimum absolute atomic E-state index is 0.00581. The molecule has 0 spiro atoms. The van der Waals surface area contributed by atoms with Gasteiger partial charge < -0.3 is 52.3 Å². The Kier molecular flexibility index (Phi) is 38.2. The van der Waals surface area contributed by atoms with Crippen LogP contribution in [-0.2, 0) is 12.6 Å². The van der Waals surface area contributed by atoms with E-state index in [9.17, 15) is 72.6 Å². The summed E-state index contributed by atoms with van der Waals surface area (Å²) < 4.78 is 44.4. The summed E-state index contributed by atoms with van der Waals surface area (Å²) >= 11 is 43.7. The molecular formula is C103H93Cl6F3N14O14S6. The molecule has 6 aromatic heterocycles. The molecule has 6 heterocycles. The van der Waals surface area contributed by atoms with E-state index in [0.717, 1.165) is 115 Å². The van der Waals surface area contributed by atoms with Crippen molar-refractivity contribution < 1.29 is 82.8 Å². The number of nitrogens with two attached hydrogens (primary N) is 2. The number of aromatic hydroxyl groups is 6. The number of benzene rings is 12. The molecule has 19 rings (SSSR count). The standard InChI is InChI=1S/C18H15ClN2O2S.C17H15ClN2O2S.C16H10ClF3N2O2S.3C16H13ClN2O2S.2C2H7NO/c1-9-2-5-14-15(6-9)24-18(20-14)21-17(23)13-8-11(19)7-12(16(13)22)10-3-4-10;1-3-10-7-11(18)8-12(15(10)21)16(22)20-17-19-13-5-4-9(2)6-14(13)23-17;1-7-5-8(17)6-9(13(7)23)14(24)22-15-21-12-10(16(18,19)20)3-2-4-11(12)25-15;2*1-8-3-4-12-13(5-8)22-16(18-12)19-15(21)11-7-10(17)6-9(2)14(11)20;1-8-4-3-5-12-13(8)18-16(22-12)19-15(21)11-7-10(17)6-9(2)14(11)20;2*3-1-2-4/h2,5-8,10,22H,3-4H2,1H3,(H,20,21,23);4-8,21H,3H2,1-2H3,(H,19,20,22);2-6,23H,1H3,(H,21,22,24);3*3-7,20H,1-2H3,(H,18,19,21);2*4H,1-3H2. The van der Waals surface area contributed by atoms with Crippen LogP contribution < -0.4 is 43.4 Å². The Hall–Kier alpha value is -13.0. The molecule has 0 unspecified atom stereocenters. The summed E-state index contributed by atoms with van der Waals surface area (Å²) in [4.78, 5) is 100. The van der Waals surface area contributed by atoms with Crippen LogP contribution >= 0.6 is 138 Å². The zero-order valence-corrected chi connectivity index (χ0v) is 88.5. The van der Waals surface area contributed by atoms with Crippen molar-refractivity contribution in [1.29, 1.82) is 0 Å². The molecule has 43 heteroatoms. The van der Waals surface area contributed by atoms with Crippen molar-refractivity contribution in [3.63, 3.8) is 0 Å². The Bertz CT molecular complexity index is 7820. The maximum atomic E-state index is 13.0. The van der Waals surface area contributed by atoms with Gasteiger partial charge in [0, 0.05) is 43.2 Å². The normalized spacial score (nSPS) is 11.4. The highest BCUT2D eigenvalue weighted by atomic mass is 35.5. The maximum Gasteiger partial charge on any atom is 0.418 e. The number of nitrogens with zero attached hydrogens (tertiary/aromatic N) is 6. The Morgan fingerprint density at radius 1 is 0.336 bits per heavy atom. The molecule has 28 nitrogen and oxygen atoms in total. The van der Waals surface area contributed by atoms with E-state index in [2.05, 4.69) is 61.8 Å². The number of anilines is 6. The highest BCUT2D eigenvalue weighted by molar-refractivity contribution is 7.24. The van der Waals surface area contributed by atoms with Gasteiger partial charge in [-0.05, 0) is 288 Å². The molecule has 1 fully saturated rings. The number of aryl methyl sites for hydroxylation is 10. The molecule has 146 heavy (non-hydrogen) atoms. The van der Waals surface area contributed by atoms with Crippen molar-refractivity contribution in [1.82, 2.24) is 29.9 Å². The van der Waals surface area contributed by atoms with Gasteiger partial charge in [-0.15, -0.1) is 0 Å². The number of amides is 6. The number of aliphatic hydroxyl groups is 2. The Balaban J connectivity index is 0.000000153. The molecule has 18 N–H and O–H groups in total. The third-order valence-electron chi connectivity index (χ3n) is 21.3. The number of hydrogen-bond acceptors (Lipinski definition) is 28. The average Bonchev–Trinajstić information content (AvgIpc) is 1.62. The number of aromatic nitrogens is 6. The van der Waals surface area contributed by atoms with Crippen LogP contribution in [0.15, 0.2) is 182 Å². The summed E-state index contributed by atoms with van der Waals surface area (Å²) in [6, 6.07) is 51.5. The van der Waals surface area contributed by atoms with Crippen LogP contribution in [0.1, 0.15) is 155 Å². The first kappa shape index (κ1) is 112. The van der Waals surface area contributed by atoms with Gasteiger partial charge >= 0.3 is 6.18 Å². The molecule has 1 aliphatic rings. The van der Waals surface area contributed by atoms with Crippen LogP contribution in [0.2, 0.25) is 30.1 Å². The number of para-hydroxylation sites is 2. The highest BCUT2D eigenvalue weighted by Crippen LogP contribution is 2.47. The van der Waals surface area contributed by atoms with Crippen molar-refractivity contribution in [2.75, 3.05) is 58.2 Å². The van der Waals surface area contributed by atoms with E-state index >= 15 is 0 Å². The molecule has 0 radical (unpaired) electrons. The number of halogens is 9. The van der Waals surface area contributed by atoms with Gasteiger partial charge in [0.05, 0.1) is 113 Å². The quantitative estimate of drug-likeness (QED) is 0.0427. The van der Waals surface area contributed by atoms with E-state index in [1.807, 2.05) is 133 Å². The molecule has 12 aromatic carbocycles. The predicted octanol–water partition coefficient (Wildman–Crippen LogP) is 26.6. The van der Waals surface area contributed by atoms with Crippen LogP contribution in [0, 0.1) is 62.3 Å². The second-order valence-corrected chi connectivity index (χ2v) is 41.6. The number of thiazole rings is 6. The fourth-order valence-corrected chi connectivity index (χ4v) is 21.2. The minimum Gasteiger partial charge on any atom is -0.507 e. The van der Waals surface area contributed by atoms with Crippen LogP contribution in [0.4, 0.5) is 44.0 Å². The van der Waals surface area contributed by atoms with E-state index in [-0.39, 0.29) is 101 Å². The van der Waals surface area contributed by atoms with Crippen molar-refractivity contribution in [2.24, 2.45) is 11.5 Å². The summed E-state index contributed by atoms with van der Waals surface area (Å²) in [5.74, 6) is -2.99. The van der Waals surface area contributed by atoms with Gasteiger partial charge in [-0.25, -0.2) is 29.9 Å². The molecular weight excluding hydrogens is 2120 g/mol. The number of alkyl halides is 3. The summed E-state index contributed by atoms with van der Waals surface area (Å²) in [7, 11) is 0. The van der Waals surface area contributed by atoms with Crippen LogP contribution in [0.5, 0.6) is 34.5 Å². The zero-order valence-electron chi connectivity index (χ0n) is 79.1. The highest BCUT2D eigenvalue weighted by Gasteiger charge is 2.35. The minimum atomic E-state index is -4.54. The fraction of sp³-hybridized carbons (Fsp3) is 0.184. The zero-order chi connectivity index (χ0) is 106. The van der Waals surface area contributed by atoms with Gasteiger partial charge in [-0.3, -0.25) is 60.7 Å². The summed E-state index contributed by atoms with van der Waals surface area (Å²) in [5, 5.41) is 97.0. The number of carbonyl (C=O) groups excluding carboxylic acids is 6. The fourth-order valence-electron chi connectivity index (χ4n) is 13.9. The molecule has 1 saturated carbocycles. The van der Waals surface area contributed by atoms with Crippen molar-refractivity contribution in [3.8, 4) is 34.5 Å². The second kappa shape index (κ2) is 49.9. The lowest BCUT2D eigenvalue weighted by molar-refractivity contribution is -0.136. The lowest BCUT2D eigenvalue weighted by atomic mass is 10.0. The van der Waals surface area contributed by atoms with Gasteiger partial charge in [0.1, 0.15) is 34.5 Å². The number of nitrogens with one attached hydrogen (secondary N) is 6. The number of phenolic OH excluding ortho intramolecular Hbond substituents is 6. The van der Waals surface area contributed by atoms with E-state index in [1.165, 1.54) is 111 Å². The summed E-state index contributed by atoms with van der Waals surface area (Å²) in [6.07, 6.45) is -1.91. The van der Waals surface area contributed by atoms with Crippen LogP contribution in [0.3, 0.4) is 0 Å². The second-order valence-electron chi connectivity index (χ2n) is 32.8. The predicted molar refractivity (Wildman–Crippen MR) is 585 cm³/mol. The molecule has 1 aliphatic carbocycles. The van der Waals surface area contributed by atoms with Crippen molar-refractivity contribution >= 4 is 265 Å². The first-order valence-electron chi connectivity index (χ1n) is 44.1. The van der Waals surface area contributed by atoms with E-state index in [0.29, 0.717) is 104 Å². The molecule has 6 amide bonds. The number of hydrogen-bond donors (Lipinski definition) is 16. The maximum absolute atomic E-state index is 13.0. The number of fused-ring (bicyclic) bond motifs is 6. The van der Waals surface area contributed by atoms with E-state index in [4.69, 9.17) is 91.3 Å². The largest absolute Gasteiger partial charge is 0.507 e. The molecule has 0 aliphatic heterocycles. The number of aliphatic hydroxyl groups excluding tert-OH is 2. The van der Waals surface area contributed by atoms with Gasteiger partial charge in [0.25, 0.3) is 35.4 Å². The van der Waals surface area contributed by atoms with Crippen LogP contribution in [0.25, 0.3) is 61.3 Å². The SMILES string of the molecule is CCc1cc(Cl)cc(C(=O)Nc2nc3ccc(C)cc3s2)c1O.Cc1cc(Cl)cc(C(=O)Nc2nc3c(C(F)(F)F)cccc3s2)c1O.Cc1cc(Cl)cc(C(=O)Nc2nc3c(C)cccc3s2)c1O.Cc1ccc2nc(NC(=O)c3cc(Cl)cc(C)c3O)sc2c1.Cc1ccc2nc(NC(=O)c3cc(Cl)cc(C)c3O)sc2c1.Cc1ccc2nc(NC(=O)c3cc(Cl)cc(C4CC4)c3O)sc2c1.NCCO.NCCO. The number of rotatable bonds is 16. The lowest BCUT2D eigenvalue weighted by Gasteiger charge is -2.09. The third kappa shape index (κ3) is 29.0. The first-order chi connectivity index (χ1) is 69.3. The summed E-state index contributed by atoms with van der Waals surface area (Å²) in [6.45, 7) is 19.5. The van der Waals surface area contributed by atoms with Gasteiger partial charge in [-0.2, -0.15) is 13.2 Å². The number of phenols is 6. The summed E-state index contributed by atoms with van der Waals surface area (Å²) in [5.41, 5.74) is 22.4. The van der Waals surface area contributed by atoms with Gasteiger partial charge in [-0.1, -0.05) is 187 Å². The Morgan fingerprint density at radius 3 is 0.884 bits per heavy atom. The smallest absolute Gasteiger partial charge is 0.418 e. The molecule has 0 atom stereocenters. The van der Waals surface area contributed by atoms with Crippen molar-refractivity contribution in [2.45, 2.75) is 101 Å². The Morgan fingerprint density at radius 2 is 0.596 bits per heavy atom.